The zero-order valence-corrected chi connectivity index (χ0v) is 15.2. The number of ether oxygens (including phenoxy) is 4. The number of rotatable bonds is 7. The van der Waals surface area contributed by atoms with Crippen molar-refractivity contribution in [1.29, 1.82) is 0 Å². The smallest absolute Gasteiger partial charge is 0.303 e. The molecule has 10 nitrogen and oxygen atoms in total. The quantitative estimate of drug-likeness (QED) is 0.427. The molecule has 1 rings (SSSR count). The first-order chi connectivity index (χ1) is 12.1. The number of esters is 3. The van der Waals surface area contributed by atoms with E-state index in [0.29, 0.717) is 0 Å². The summed E-state index contributed by atoms with van der Waals surface area (Å²) in [5.41, 5.74) is 0. The maximum Gasteiger partial charge on any atom is 0.303 e. The van der Waals surface area contributed by atoms with Crippen LogP contribution in [-0.4, -0.2) is 72.6 Å². The molecule has 0 aliphatic carbocycles. The van der Waals surface area contributed by atoms with Gasteiger partial charge in [0.05, 0.1) is 12.1 Å². The van der Waals surface area contributed by atoms with Gasteiger partial charge in [-0.05, 0) is 6.42 Å². The summed E-state index contributed by atoms with van der Waals surface area (Å²) in [4.78, 5) is 45.8. The fourth-order valence-corrected chi connectivity index (χ4v) is 2.80. The summed E-state index contributed by atoms with van der Waals surface area (Å²) in [5.74, 6) is -2.30. The first-order valence-corrected chi connectivity index (χ1v) is 8.17. The minimum Gasteiger partial charge on any atom is -0.463 e. The van der Waals surface area contributed by atoms with Gasteiger partial charge in [0.25, 0.3) is 0 Å². The van der Waals surface area contributed by atoms with E-state index in [4.69, 9.17) is 18.9 Å². The second-order valence-corrected chi connectivity index (χ2v) is 5.90. The molecular weight excluding hydrogens is 350 g/mol. The van der Waals surface area contributed by atoms with Crippen molar-refractivity contribution in [1.82, 2.24) is 5.32 Å². The van der Waals surface area contributed by atoms with Gasteiger partial charge in [0.15, 0.2) is 12.2 Å². The van der Waals surface area contributed by atoms with Crippen molar-refractivity contribution in [2.45, 2.75) is 64.6 Å². The van der Waals surface area contributed by atoms with E-state index in [1.807, 2.05) is 0 Å². The molecule has 148 valence electrons. The van der Waals surface area contributed by atoms with Crippen molar-refractivity contribution in [3.05, 3.63) is 0 Å². The van der Waals surface area contributed by atoms with Crippen molar-refractivity contribution >= 4 is 23.8 Å². The van der Waals surface area contributed by atoms with E-state index in [2.05, 4.69) is 5.32 Å². The van der Waals surface area contributed by atoms with Crippen LogP contribution in [0.4, 0.5) is 0 Å². The summed E-state index contributed by atoms with van der Waals surface area (Å²) in [7, 11) is 0. The molecule has 0 spiro atoms. The van der Waals surface area contributed by atoms with Crippen LogP contribution in [0.5, 0.6) is 0 Å². The van der Waals surface area contributed by atoms with E-state index in [-0.39, 0.29) is 19.6 Å². The van der Waals surface area contributed by atoms with Crippen LogP contribution in [0.1, 0.15) is 34.1 Å². The Labute approximate surface area is 151 Å². The largest absolute Gasteiger partial charge is 0.463 e. The zero-order chi connectivity index (χ0) is 19.9. The number of aliphatic hydroxyl groups excluding tert-OH is 1. The normalized spacial score (nSPS) is 28.0. The molecule has 0 saturated carbocycles. The van der Waals surface area contributed by atoms with Crippen LogP contribution in [-0.2, 0) is 38.1 Å². The average molecular weight is 375 g/mol. The number of carbonyl (C=O) groups excluding carboxylic acids is 4. The van der Waals surface area contributed by atoms with Crippen LogP contribution in [0.15, 0.2) is 0 Å². The molecule has 0 radical (unpaired) electrons. The molecule has 1 aliphatic rings. The summed E-state index contributed by atoms with van der Waals surface area (Å²) < 4.78 is 21.3. The molecule has 2 unspecified atom stereocenters. The van der Waals surface area contributed by atoms with E-state index in [9.17, 15) is 24.3 Å². The Bertz CT molecular complexity index is 536. The van der Waals surface area contributed by atoms with Gasteiger partial charge in [0.2, 0.25) is 5.91 Å². The Balaban J connectivity index is 3.22. The second-order valence-electron chi connectivity index (χ2n) is 5.90. The van der Waals surface area contributed by atoms with E-state index in [0.717, 1.165) is 0 Å². The van der Waals surface area contributed by atoms with Crippen molar-refractivity contribution in [2.24, 2.45) is 0 Å². The molecule has 0 aromatic rings. The highest BCUT2D eigenvalue weighted by atomic mass is 16.6. The third kappa shape index (κ3) is 6.60. The highest BCUT2D eigenvalue weighted by molar-refractivity contribution is 5.73. The highest BCUT2D eigenvalue weighted by Crippen LogP contribution is 2.28. The van der Waals surface area contributed by atoms with E-state index in [1.165, 1.54) is 27.7 Å². The maximum absolute atomic E-state index is 11.6. The number of nitrogens with one attached hydrogen (secondary N) is 1. The lowest BCUT2D eigenvalue weighted by Crippen LogP contribution is -2.66. The van der Waals surface area contributed by atoms with Crippen LogP contribution in [0, 0.1) is 0 Å². The monoisotopic (exact) mass is 375 g/mol. The number of amides is 1. The molecule has 1 saturated heterocycles. The fraction of sp³-hybridized carbons (Fsp3) is 0.750. The topological polar surface area (TPSA) is 137 Å². The molecule has 1 fully saturated rings. The fourth-order valence-electron chi connectivity index (χ4n) is 2.80. The molecule has 0 bridgehead atoms. The molecule has 5 atom stereocenters. The maximum atomic E-state index is 11.6. The Morgan fingerprint density at radius 3 is 1.96 bits per heavy atom. The molecule has 1 heterocycles. The van der Waals surface area contributed by atoms with E-state index < -0.39 is 54.3 Å². The van der Waals surface area contributed by atoms with Gasteiger partial charge in [0, 0.05) is 34.3 Å². The minimum absolute atomic E-state index is 0.117. The Morgan fingerprint density at radius 2 is 1.50 bits per heavy atom. The van der Waals surface area contributed by atoms with E-state index >= 15 is 0 Å². The van der Waals surface area contributed by atoms with Gasteiger partial charge in [-0.1, -0.05) is 0 Å². The lowest BCUT2D eigenvalue weighted by molar-refractivity contribution is -0.225. The third-order valence-corrected chi connectivity index (χ3v) is 3.63. The lowest BCUT2D eigenvalue weighted by atomic mass is 9.90. The number of carbonyl (C=O) groups is 4. The summed E-state index contributed by atoms with van der Waals surface area (Å²) in [6.45, 7) is 4.31. The van der Waals surface area contributed by atoms with Crippen LogP contribution in [0.2, 0.25) is 0 Å². The number of aliphatic hydroxyl groups is 1. The van der Waals surface area contributed by atoms with Gasteiger partial charge >= 0.3 is 17.9 Å². The Kier molecular flexibility index (Phi) is 8.46. The van der Waals surface area contributed by atoms with Gasteiger partial charge < -0.3 is 29.4 Å². The summed E-state index contributed by atoms with van der Waals surface area (Å²) >= 11 is 0. The van der Waals surface area contributed by atoms with Crippen LogP contribution >= 0.6 is 0 Å². The summed E-state index contributed by atoms with van der Waals surface area (Å²) in [6.07, 6.45) is -3.76. The Morgan fingerprint density at radius 1 is 0.923 bits per heavy atom. The average Bonchev–Trinajstić information content (AvgIpc) is 2.50. The minimum atomic E-state index is -1.11. The van der Waals surface area contributed by atoms with Crippen LogP contribution < -0.4 is 5.32 Å². The van der Waals surface area contributed by atoms with Crippen LogP contribution in [0.25, 0.3) is 0 Å². The molecule has 0 aromatic heterocycles. The molecule has 0 aromatic carbocycles. The molecule has 1 aliphatic heterocycles. The van der Waals surface area contributed by atoms with Crippen LogP contribution in [0.3, 0.4) is 0 Å². The predicted octanol–water partition coefficient (Wildman–Crippen LogP) is -0.933. The Hall–Kier alpha value is -2.20. The van der Waals surface area contributed by atoms with Gasteiger partial charge in [-0.2, -0.15) is 0 Å². The summed E-state index contributed by atoms with van der Waals surface area (Å²) in [5, 5.41) is 11.9. The van der Waals surface area contributed by atoms with Gasteiger partial charge in [-0.15, -0.1) is 0 Å². The van der Waals surface area contributed by atoms with E-state index in [1.54, 1.807) is 0 Å². The molecule has 26 heavy (non-hydrogen) atoms. The SMILES string of the molecule is CC(=O)N[C@H]1C(OC(C)=O)[C@@H](OC(C)=O)C(COC(C)=O)O[C@H]1CCO. The molecule has 10 heteroatoms. The zero-order valence-electron chi connectivity index (χ0n) is 15.2. The lowest BCUT2D eigenvalue weighted by Gasteiger charge is -2.45. The van der Waals surface area contributed by atoms with Crippen molar-refractivity contribution in [2.75, 3.05) is 13.2 Å². The number of hydrogen-bond donors (Lipinski definition) is 2. The molecule has 2 N–H and O–H groups in total. The second kappa shape index (κ2) is 10.1. The van der Waals surface area contributed by atoms with Gasteiger partial charge in [-0.25, -0.2) is 0 Å². The summed E-state index contributed by atoms with van der Waals surface area (Å²) in [6, 6.07) is -0.860. The first-order valence-electron chi connectivity index (χ1n) is 8.17. The van der Waals surface area contributed by atoms with Crippen molar-refractivity contribution in [3.8, 4) is 0 Å². The predicted molar refractivity (Wildman–Crippen MR) is 85.7 cm³/mol. The first kappa shape index (κ1) is 21.8. The van der Waals surface area contributed by atoms with Gasteiger partial charge in [0.1, 0.15) is 12.7 Å². The number of hydrogen-bond acceptors (Lipinski definition) is 9. The standard InChI is InChI=1S/C16H25NO9/c1-8(19)17-14-12(5-6-18)26-13(7-23-9(2)20)15(24-10(3)21)16(14)25-11(4)22/h12-16,18H,5-7H2,1-4H3,(H,17,19)/t12-,13?,14+,15-,16?/m0/s1. The molecular formula is C16H25NO9. The van der Waals surface area contributed by atoms with Gasteiger partial charge in [-0.3, -0.25) is 19.2 Å². The highest BCUT2D eigenvalue weighted by Gasteiger charge is 2.50. The van der Waals surface area contributed by atoms with Crippen molar-refractivity contribution < 1.29 is 43.2 Å². The van der Waals surface area contributed by atoms with Crippen molar-refractivity contribution in [3.63, 3.8) is 0 Å². The molecule has 1 amide bonds. The third-order valence-electron chi connectivity index (χ3n) is 3.63.